The normalized spacial score (nSPS) is 13.4. The van der Waals surface area contributed by atoms with Crippen LogP contribution in [0.2, 0.25) is 0 Å². The lowest BCUT2D eigenvalue weighted by Gasteiger charge is -2.26. The van der Waals surface area contributed by atoms with Crippen LogP contribution >= 0.6 is 22.7 Å². The van der Waals surface area contributed by atoms with Crippen LogP contribution in [0.15, 0.2) is 53.4 Å². The molecule has 0 spiro atoms. The van der Waals surface area contributed by atoms with Gasteiger partial charge in [0, 0.05) is 36.1 Å². The summed E-state index contributed by atoms with van der Waals surface area (Å²) in [5.41, 5.74) is 3.17. The first-order valence-electron chi connectivity index (χ1n) is 13.5. The van der Waals surface area contributed by atoms with Crippen molar-refractivity contribution in [1.29, 1.82) is 0 Å². The predicted octanol–water partition coefficient (Wildman–Crippen LogP) is 6.21. The van der Waals surface area contributed by atoms with Crippen molar-refractivity contribution in [2.75, 3.05) is 32.1 Å². The van der Waals surface area contributed by atoms with E-state index in [0.717, 1.165) is 44.1 Å². The highest BCUT2D eigenvalue weighted by atomic mass is 32.2. The van der Waals surface area contributed by atoms with Crippen LogP contribution in [0.4, 0.5) is 9.80 Å². The second-order valence-corrected chi connectivity index (χ2v) is 13.9. The standard InChI is InChI=1S/C29H32N4O5S3/c1-4-6-16-32(3)41(36,37)20-13-11-19(12-14-20)26(34)31-28-25(27-30-22-9-7-8-10-23(22)39-27)21-15-17-33(18-24(21)40-28)29(35)38-5-2/h7-14H,4-6,15-18H2,1-3H3,(H,31,34). The summed E-state index contributed by atoms with van der Waals surface area (Å²) < 4.78 is 33.4. The van der Waals surface area contributed by atoms with Crippen LogP contribution in [0.1, 0.15) is 47.5 Å². The van der Waals surface area contributed by atoms with E-state index in [9.17, 15) is 18.0 Å². The number of nitrogens with one attached hydrogen (secondary N) is 1. The SMILES string of the molecule is CCCCN(C)S(=O)(=O)c1ccc(C(=O)Nc2sc3c(c2-c2nc4ccccc4s2)CCN(C(=O)OCC)C3)cc1. The van der Waals surface area contributed by atoms with Gasteiger partial charge in [-0.2, -0.15) is 0 Å². The second kappa shape index (κ2) is 12.3. The average Bonchev–Trinajstić information content (AvgIpc) is 3.56. The zero-order valence-corrected chi connectivity index (χ0v) is 25.6. The quantitative estimate of drug-likeness (QED) is 0.241. The summed E-state index contributed by atoms with van der Waals surface area (Å²) in [6, 6.07) is 13.9. The van der Waals surface area contributed by atoms with E-state index in [1.54, 1.807) is 30.2 Å². The summed E-state index contributed by atoms with van der Waals surface area (Å²) in [5.74, 6) is -0.350. The maximum Gasteiger partial charge on any atom is 0.410 e. The number of sulfonamides is 1. The van der Waals surface area contributed by atoms with Gasteiger partial charge in [0.25, 0.3) is 5.91 Å². The van der Waals surface area contributed by atoms with Crippen LogP contribution in [0.3, 0.4) is 0 Å². The smallest absolute Gasteiger partial charge is 0.410 e. The third-order valence-corrected chi connectivity index (χ3v) is 11.0. The number of rotatable bonds is 9. The Hall–Kier alpha value is -3.32. The molecule has 0 atom stereocenters. The summed E-state index contributed by atoms with van der Waals surface area (Å²) in [7, 11) is -2.07. The zero-order chi connectivity index (χ0) is 29.1. The molecule has 5 rings (SSSR count). The van der Waals surface area contributed by atoms with E-state index < -0.39 is 10.0 Å². The number of fused-ring (bicyclic) bond motifs is 2. The number of nitrogens with zero attached hydrogens (tertiary/aromatic N) is 3. The van der Waals surface area contributed by atoms with Gasteiger partial charge in [0.1, 0.15) is 10.0 Å². The zero-order valence-electron chi connectivity index (χ0n) is 23.2. The molecule has 0 radical (unpaired) electrons. The molecule has 0 aliphatic carbocycles. The van der Waals surface area contributed by atoms with Crippen molar-refractivity contribution in [2.45, 2.75) is 44.6 Å². The number of para-hydroxylation sites is 1. The molecule has 3 heterocycles. The van der Waals surface area contributed by atoms with Gasteiger partial charge >= 0.3 is 6.09 Å². The highest BCUT2D eigenvalue weighted by Gasteiger charge is 2.30. The number of thiazole rings is 1. The van der Waals surface area contributed by atoms with Crippen LogP contribution in [0.25, 0.3) is 20.8 Å². The Kier molecular flexibility index (Phi) is 8.74. The van der Waals surface area contributed by atoms with E-state index in [2.05, 4.69) is 5.32 Å². The number of ether oxygens (including phenoxy) is 1. The van der Waals surface area contributed by atoms with E-state index in [4.69, 9.17) is 9.72 Å². The molecule has 0 bridgehead atoms. The first-order valence-corrected chi connectivity index (χ1v) is 16.6. The molecule has 1 aliphatic heterocycles. The Morgan fingerprint density at radius 3 is 2.56 bits per heavy atom. The Bertz CT molecular complexity index is 1650. The molecule has 9 nitrogen and oxygen atoms in total. The van der Waals surface area contributed by atoms with Gasteiger partial charge in [-0.15, -0.1) is 22.7 Å². The fraction of sp³-hybridized carbons (Fsp3) is 0.345. The molecular weight excluding hydrogens is 581 g/mol. The molecular formula is C29H32N4O5S3. The van der Waals surface area contributed by atoms with Gasteiger partial charge in [0.05, 0.1) is 28.3 Å². The highest BCUT2D eigenvalue weighted by Crippen LogP contribution is 2.46. The van der Waals surface area contributed by atoms with Crippen LogP contribution < -0.4 is 5.32 Å². The minimum atomic E-state index is -3.63. The number of aromatic nitrogens is 1. The molecule has 2 amide bonds. The van der Waals surface area contributed by atoms with Gasteiger partial charge in [-0.3, -0.25) is 4.79 Å². The molecule has 0 unspecified atom stereocenters. The lowest BCUT2D eigenvalue weighted by molar-refractivity contribution is 0.102. The third-order valence-electron chi connectivity index (χ3n) is 6.97. The van der Waals surface area contributed by atoms with E-state index >= 15 is 0 Å². The Morgan fingerprint density at radius 1 is 1.10 bits per heavy atom. The fourth-order valence-electron chi connectivity index (χ4n) is 4.70. The van der Waals surface area contributed by atoms with Crippen molar-refractivity contribution in [3.05, 3.63) is 64.5 Å². The number of hydrogen-bond acceptors (Lipinski definition) is 8. The Labute approximate surface area is 247 Å². The van der Waals surface area contributed by atoms with Gasteiger partial charge in [-0.05, 0) is 61.7 Å². The molecule has 41 heavy (non-hydrogen) atoms. The number of benzene rings is 2. The number of anilines is 1. The topological polar surface area (TPSA) is 109 Å². The molecule has 1 aliphatic rings. The number of amides is 2. The first kappa shape index (κ1) is 29.2. The third kappa shape index (κ3) is 6.01. The summed E-state index contributed by atoms with van der Waals surface area (Å²) in [6.45, 7) is 5.44. The molecule has 2 aromatic carbocycles. The maximum atomic E-state index is 13.4. The summed E-state index contributed by atoms with van der Waals surface area (Å²) in [6.07, 6.45) is 1.93. The molecule has 1 N–H and O–H groups in total. The fourth-order valence-corrected chi connectivity index (χ4v) is 8.28. The Balaban J connectivity index is 1.45. The van der Waals surface area contributed by atoms with Gasteiger partial charge in [0.2, 0.25) is 10.0 Å². The van der Waals surface area contributed by atoms with Gasteiger partial charge in [-0.25, -0.2) is 22.5 Å². The minimum Gasteiger partial charge on any atom is -0.450 e. The van der Waals surface area contributed by atoms with Gasteiger partial charge in [-0.1, -0.05) is 25.5 Å². The average molecular weight is 613 g/mol. The lowest BCUT2D eigenvalue weighted by atomic mass is 10.0. The number of hydrogen-bond donors (Lipinski definition) is 1. The largest absolute Gasteiger partial charge is 0.450 e. The second-order valence-electron chi connectivity index (χ2n) is 9.72. The van der Waals surface area contributed by atoms with Crippen molar-refractivity contribution < 1.29 is 22.7 Å². The predicted molar refractivity (Wildman–Crippen MR) is 163 cm³/mol. The van der Waals surface area contributed by atoms with E-state index in [0.29, 0.717) is 43.2 Å². The summed E-state index contributed by atoms with van der Waals surface area (Å²) in [4.78, 5) is 33.5. The number of unbranched alkanes of at least 4 members (excludes halogenated alkanes) is 1. The summed E-state index contributed by atoms with van der Waals surface area (Å²) in [5, 5.41) is 4.52. The number of thiophene rings is 1. The molecule has 12 heteroatoms. The van der Waals surface area contributed by atoms with Crippen LogP contribution in [-0.2, 0) is 27.7 Å². The van der Waals surface area contributed by atoms with Crippen molar-refractivity contribution in [1.82, 2.24) is 14.2 Å². The number of carbonyl (C=O) groups is 2. The molecule has 0 fully saturated rings. The lowest BCUT2D eigenvalue weighted by Crippen LogP contribution is -2.35. The van der Waals surface area contributed by atoms with Gasteiger partial charge in [0.15, 0.2) is 0 Å². The minimum absolute atomic E-state index is 0.147. The molecule has 0 saturated heterocycles. The molecule has 2 aromatic heterocycles. The van der Waals surface area contributed by atoms with Crippen LogP contribution in [-0.4, -0.2) is 61.4 Å². The monoisotopic (exact) mass is 612 g/mol. The number of carbonyl (C=O) groups excluding carboxylic acids is 2. The van der Waals surface area contributed by atoms with Crippen LogP contribution in [0, 0.1) is 0 Å². The molecule has 216 valence electrons. The van der Waals surface area contributed by atoms with E-state index in [1.807, 2.05) is 31.2 Å². The maximum absolute atomic E-state index is 13.4. The van der Waals surface area contributed by atoms with E-state index in [-0.39, 0.29) is 16.9 Å². The highest BCUT2D eigenvalue weighted by molar-refractivity contribution is 7.89. The van der Waals surface area contributed by atoms with Crippen LogP contribution in [0.5, 0.6) is 0 Å². The van der Waals surface area contributed by atoms with Gasteiger partial charge < -0.3 is 15.0 Å². The first-order chi connectivity index (χ1) is 19.7. The Morgan fingerprint density at radius 2 is 1.85 bits per heavy atom. The van der Waals surface area contributed by atoms with Crippen molar-refractivity contribution >= 4 is 59.9 Å². The molecule has 4 aromatic rings. The van der Waals surface area contributed by atoms with Crippen molar-refractivity contribution in [3.63, 3.8) is 0 Å². The van der Waals surface area contributed by atoms with Crippen molar-refractivity contribution in [3.8, 4) is 10.6 Å². The van der Waals surface area contributed by atoms with Crippen molar-refractivity contribution in [2.24, 2.45) is 0 Å². The summed E-state index contributed by atoms with van der Waals surface area (Å²) >= 11 is 2.99. The molecule has 0 saturated carbocycles. The van der Waals surface area contributed by atoms with E-state index in [1.165, 1.54) is 39.9 Å².